The van der Waals surface area contributed by atoms with Gasteiger partial charge in [-0.05, 0) is 101 Å². The van der Waals surface area contributed by atoms with E-state index in [0.29, 0.717) is 28.4 Å². The summed E-state index contributed by atoms with van der Waals surface area (Å²) < 4.78 is 5.36. The number of hydrogen-bond donors (Lipinski definition) is 3. The summed E-state index contributed by atoms with van der Waals surface area (Å²) in [5, 5.41) is 10.1. The summed E-state index contributed by atoms with van der Waals surface area (Å²) in [7, 11) is 0. The highest BCUT2D eigenvalue weighted by Crippen LogP contribution is 2.37. The molecule has 47 heavy (non-hydrogen) atoms. The number of rotatable bonds is 9. The number of anilines is 3. The fourth-order valence-electron chi connectivity index (χ4n) is 4.82. The van der Waals surface area contributed by atoms with Gasteiger partial charge in [0.2, 0.25) is 0 Å². The highest BCUT2D eigenvalue weighted by molar-refractivity contribution is 7.99. The minimum Gasteiger partial charge on any atom is -0.444 e. The second kappa shape index (κ2) is 14.2. The number of pyridine rings is 1. The first-order chi connectivity index (χ1) is 22.3. The summed E-state index contributed by atoms with van der Waals surface area (Å²) in [5.74, 6) is 0.658. The summed E-state index contributed by atoms with van der Waals surface area (Å²) >= 11 is 1.52. The number of amides is 2. The van der Waals surface area contributed by atoms with Gasteiger partial charge in [0.1, 0.15) is 17.7 Å². The molecule has 2 amide bonds. The second-order valence-corrected chi connectivity index (χ2v) is 13.8. The van der Waals surface area contributed by atoms with Gasteiger partial charge in [-0.3, -0.25) is 10.1 Å². The lowest BCUT2D eigenvalue weighted by atomic mass is 10.1. The van der Waals surface area contributed by atoms with Crippen molar-refractivity contribution in [1.82, 2.24) is 20.3 Å². The number of benzene rings is 3. The van der Waals surface area contributed by atoms with Crippen molar-refractivity contribution >= 4 is 52.0 Å². The van der Waals surface area contributed by atoms with Crippen LogP contribution in [-0.2, 0) is 4.74 Å². The van der Waals surface area contributed by atoms with Crippen LogP contribution in [0.2, 0.25) is 0 Å². The van der Waals surface area contributed by atoms with Crippen LogP contribution in [-0.4, -0.2) is 32.6 Å². The Kier molecular flexibility index (Phi) is 10.1. The van der Waals surface area contributed by atoms with Gasteiger partial charge in [-0.2, -0.15) is 0 Å². The fraction of sp³-hybridized carbons (Fsp3) is 0.270. The molecule has 242 valence electrons. The van der Waals surface area contributed by atoms with E-state index in [9.17, 15) is 9.59 Å². The van der Waals surface area contributed by atoms with Gasteiger partial charge in [-0.15, -0.1) is 0 Å². The zero-order valence-electron chi connectivity index (χ0n) is 27.7. The second-order valence-electron chi connectivity index (χ2n) is 12.7. The molecule has 1 atom stereocenters. The van der Waals surface area contributed by atoms with Crippen LogP contribution >= 0.6 is 11.8 Å². The Morgan fingerprint density at radius 1 is 0.894 bits per heavy atom. The normalized spacial score (nSPS) is 12.1. The van der Waals surface area contributed by atoms with Crippen molar-refractivity contribution in [2.24, 2.45) is 0 Å². The molecule has 0 saturated carbocycles. The zero-order chi connectivity index (χ0) is 33.7. The number of fused-ring (bicyclic) bond motifs is 1. The summed E-state index contributed by atoms with van der Waals surface area (Å²) in [6, 6.07) is 25.0. The van der Waals surface area contributed by atoms with Crippen molar-refractivity contribution in [3.63, 3.8) is 0 Å². The SMILES string of the molecule is Cc1cccc(C(C)NC(=O)c2ccc(Sc3ccc(NC(=O)OC(C)(C)C)cc3)c(Nc3ncnc4nc(C(C)C)ccc34)c2)c1. The summed E-state index contributed by atoms with van der Waals surface area (Å²) in [6.07, 6.45) is 0.979. The Morgan fingerprint density at radius 2 is 1.66 bits per heavy atom. The molecule has 0 aliphatic carbocycles. The highest BCUT2D eigenvalue weighted by atomic mass is 32.2. The van der Waals surface area contributed by atoms with Crippen LogP contribution in [0, 0.1) is 6.92 Å². The Bertz CT molecular complexity index is 1900. The van der Waals surface area contributed by atoms with Crippen molar-refractivity contribution in [3.05, 3.63) is 108 Å². The van der Waals surface area contributed by atoms with Gasteiger partial charge in [0.15, 0.2) is 5.65 Å². The molecule has 0 radical (unpaired) electrons. The summed E-state index contributed by atoms with van der Waals surface area (Å²) in [5.41, 5.74) is 4.96. The van der Waals surface area contributed by atoms with Gasteiger partial charge in [0, 0.05) is 26.7 Å². The molecule has 0 aliphatic heterocycles. The molecule has 5 aromatic rings. The Morgan fingerprint density at radius 3 is 2.36 bits per heavy atom. The molecular formula is C37H40N6O3S. The third-order valence-electron chi connectivity index (χ3n) is 7.22. The van der Waals surface area contributed by atoms with E-state index in [0.717, 1.165) is 32.0 Å². The smallest absolute Gasteiger partial charge is 0.412 e. The highest BCUT2D eigenvalue weighted by Gasteiger charge is 2.18. The average molecular weight is 649 g/mol. The van der Waals surface area contributed by atoms with Crippen molar-refractivity contribution in [2.45, 2.75) is 75.8 Å². The quantitative estimate of drug-likeness (QED) is 0.145. The molecule has 10 heteroatoms. The minimum absolute atomic E-state index is 0.173. The van der Waals surface area contributed by atoms with Gasteiger partial charge < -0.3 is 15.4 Å². The minimum atomic E-state index is -0.591. The molecule has 0 spiro atoms. The Hall–Kier alpha value is -4.96. The van der Waals surface area contributed by atoms with Crippen molar-refractivity contribution in [1.29, 1.82) is 0 Å². The lowest BCUT2D eigenvalue weighted by Gasteiger charge is -2.19. The van der Waals surface area contributed by atoms with Crippen molar-refractivity contribution in [2.75, 3.05) is 10.6 Å². The van der Waals surface area contributed by atoms with Crippen LogP contribution in [0.3, 0.4) is 0 Å². The predicted molar refractivity (Wildman–Crippen MR) is 189 cm³/mol. The monoisotopic (exact) mass is 648 g/mol. The number of ether oxygens (including phenoxy) is 1. The van der Waals surface area contributed by atoms with E-state index in [1.807, 2.05) is 107 Å². The van der Waals surface area contributed by atoms with Crippen LogP contribution in [0.4, 0.5) is 22.0 Å². The maximum Gasteiger partial charge on any atom is 0.412 e. The number of carbonyl (C=O) groups is 2. The molecule has 1 unspecified atom stereocenters. The molecule has 3 aromatic carbocycles. The van der Waals surface area contributed by atoms with E-state index in [1.54, 1.807) is 0 Å². The molecule has 0 fully saturated rings. The largest absolute Gasteiger partial charge is 0.444 e. The number of nitrogens with one attached hydrogen (secondary N) is 3. The van der Waals surface area contributed by atoms with Crippen LogP contribution in [0.1, 0.15) is 80.7 Å². The van der Waals surface area contributed by atoms with Gasteiger partial charge in [0.25, 0.3) is 5.91 Å². The number of aromatic nitrogens is 3. The molecule has 3 N–H and O–H groups in total. The van der Waals surface area contributed by atoms with Gasteiger partial charge >= 0.3 is 6.09 Å². The van der Waals surface area contributed by atoms with E-state index >= 15 is 0 Å². The molecule has 2 aromatic heterocycles. The maximum atomic E-state index is 13.5. The van der Waals surface area contributed by atoms with Crippen LogP contribution in [0.25, 0.3) is 11.0 Å². The first-order valence-corrected chi connectivity index (χ1v) is 16.3. The van der Waals surface area contributed by atoms with Gasteiger partial charge in [-0.1, -0.05) is 55.4 Å². The summed E-state index contributed by atoms with van der Waals surface area (Å²) in [4.78, 5) is 41.2. The topological polar surface area (TPSA) is 118 Å². The van der Waals surface area contributed by atoms with E-state index in [-0.39, 0.29) is 17.9 Å². The average Bonchev–Trinajstić information content (AvgIpc) is 3.01. The molecule has 0 bridgehead atoms. The van der Waals surface area contributed by atoms with Crippen molar-refractivity contribution in [3.8, 4) is 0 Å². The van der Waals surface area contributed by atoms with E-state index in [4.69, 9.17) is 9.72 Å². The van der Waals surface area contributed by atoms with Crippen LogP contribution in [0.5, 0.6) is 0 Å². The van der Waals surface area contributed by atoms with E-state index in [1.165, 1.54) is 18.1 Å². The Balaban J connectivity index is 1.44. The Labute approximate surface area is 280 Å². The lowest BCUT2D eigenvalue weighted by Crippen LogP contribution is -2.27. The number of carbonyl (C=O) groups excluding carboxylic acids is 2. The molecule has 9 nitrogen and oxygen atoms in total. The van der Waals surface area contributed by atoms with Crippen LogP contribution < -0.4 is 16.0 Å². The number of aryl methyl sites for hydroxylation is 1. The molecular weight excluding hydrogens is 609 g/mol. The molecule has 2 heterocycles. The van der Waals surface area contributed by atoms with Crippen molar-refractivity contribution < 1.29 is 14.3 Å². The van der Waals surface area contributed by atoms with E-state index in [2.05, 4.69) is 45.8 Å². The first-order valence-electron chi connectivity index (χ1n) is 15.5. The standard InChI is InChI=1S/C37H40N6O3S/c1-22(2)30-17-16-29-33(42-30)38-21-39-34(29)43-31-20-26(35(44)40-24(4)25-10-8-9-23(3)19-25)11-18-32(31)47-28-14-12-27(13-15-28)41-36(45)46-37(5,6)7/h8-22,24H,1-7H3,(H,40,44)(H,41,45)(H,38,39,42,43). The third-order valence-corrected chi connectivity index (χ3v) is 8.31. The zero-order valence-corrected chi connectivity index (χ0v) is 28.5. The predicted octanol–water partition coefficient (Wildman–Crippen LogP) is 9.19. The van der Waals surface area contributed by atoms with Gasteiger partial charge in [-0.25, -0.2) is 19.7 Å². The first kappa shape index (κ1) is 33.4. The van der Waals surface area contributed by atoms with Crippen LogP contribution in [0.15, 0.2) is 95.0 Å². The third kappa shape index (κ3) is 8.86. The van der Waals surface area contributed by atoms with Gasteiger partial charge in [0.05, 0.1) is 17.1 Å². The number of nitrogens with zero attached hydrogens (tertiary/aromatic N) is 3. The molecule has 0 saturated heterocycles. The lowest BCUT2D eigenvalue weighted by molar-refractivity contribution is 0.0635. The number of hydrogen-bond acceptors (Lipinski definition) is 8. The maximum absolute atomic E-state index is 13.5. The molecule has 5 rings (SSSR count). The fourth-order valence-corrected chi connectivity index (χ4v) is 5.70. The molecule has 0 aliphatic rings. The van der Waals surface area contributed by atoms with E-state index < -0.39 is 11.7 Å². The summed E-state index contributed by atoms with van der Waals surface area (Å²) in [6.45, 7) is 13.7.